The second kappa shape index (κ2) is 4.74. The number of rotatable bonds is 4. The van der Waals surface area contributed by atoms with Gasteiger partial charge in [0, 0.05) is 18.3 Å². The summed E-state index contributed by atoms with van der Waals surface area (Å²) in [5.74, 6) is 0.640. The molecule has 0 atom stereocenters. The zero-order valence-electron chi connectivity index (χ0n) is 8.90. The lowest BCUT2D eigenvalue weighted by Gasteiger charge is -2.02. The Labute approximate surface area is 84.4 Å². The lowest BCUT2D eigenvalue weighted by Crippen LogP contribution is -2.03. The van der Waals surface area contributed by atoms with Crippen molar-refractivity contribution < 1.29 is 4.79 Å². The molecular formula is C11H16N2O. The van der Waals surface area contributed by atoms with Crippen molar-refractivity contribution in [2.45, 2.75) is 27.3 Å². The van der Waals surface area contributed by atoms with Crippen LogP contribution >= 0.6 is 0 Å². The molecule has 0 saturated carbocycles. The van der Waals surface area contributed by atoms with Gasteiger partial charge in [-0.1, -0.05) is 13.8 Å². The number of carbonyl (C=O) groups is 1. The van der Waals surface area contributed by atoms with E-state index in [1.54, 1.807) is 18.3 Å². The van der Waals surface area contributed by atoms with Crippen molar-refractivity contribution in [2.75, 3.05) is 0 Å². The predicted molar refractivity (Wildman–Crippen MR) is 56.8 cm³/mol. The minimum atomic E-state index is 0.0570. The molecule has 0 aliphatic carbocycles. The Morgan fingerprint density at radius 2 is 2.36 bits per heavy atom. The molecule has 1 aromatic rings. The van der Waals surface area contributed by atoms with Crippen molar-refractivity contribution in [3.8, 4) is 0 Å². The van der Waals surface area contributed by atoms with Gasteiger partial charge in [0.25, 0.3) is 0 Å². The maximum Gasteiger partial charge on any atom is 0.152 e. The fourth-order valence-corrected chi connectivity index (χ4v) is 1.15. The summed E-state index contributed by atoms with van der Waals surface area (Å²) in [6.07, 6.45) is 7.05. The number of aromatic nitrogens is 2. The van der Waals surface area contributed by atoms with Crippen LogP contribution in [-0.2, 0) is 11.3 Å². The van der Waals surface area contributed by atoms with Crippen LogP contribution in [0, 0.1) is 5.92 Å². The molecule has 0 radical (unpaired) electrons. The first-order valence-electron chi connectivity index (χ1n) is 4.79. The number of hydrogen-bond donors (Lipinski definition) is 0. The van der Waals surface area contributed by atoms with Crippen LogP contribution in [0.1, 0.15) is 26.3 Å². The molecule has 14 heavy (non-hydrogen) atoms. The zero-order valence-corrected chi connectivity index (χ0v) is 8.90. The SMILES string of the molecule is CC(=O)/C=C/c1cnn(CC(C)C)c1. The molecule has 76 valence electrons. The molecule has 0 aromatic carbocycles. The molecule has 3 nitrogen and oxygen atoms in total. The van der Waals surface area contributed by atoms with E-state index in [2.05, 4.69) is 18.9 Å². The van der Waals surface area contributed by atoms with Crippen molar-refractivity contribution >= 4 is 11.9 Å². The van der Waals surface area contributed by atoms with Gasteiger partial charge in [-0.05, 0) is 25.0 Å². The summed E-state index contributed by atoms with van der Waals surface area (Å²) in [7, 11) is 0. The molecule has 0 amide bonds. The summed E-state index contributed by atoms with van der Waals surface area (Å²) < 4.78 is 1.89. The van der Waals surface area contributed by atoms with Gasteiger partial charge in [0.1, 0.15) is 0 Å². The van der Waals surface area contributed by atoms with Gasteiger partial charge in [-0.15, -0.1) is 0 Å². The smallest absolute Gasteiger partial charge is 0.152 e. The van der Waals surface area contributed by atoms with Crippen molar-refractivity contribution in [3.05, 3.63) is 24.0 Å². The molecule has 0 N–H and O–H groups in total. The van der Waals surface area contributed by atoms with E-state index in [9.17, 15) is 4.79 Å². The Bertz CT molecular complexity index is 337. The second-order valence-corrected chi connectivity index (χ2v) is 3.83. The standard InChI is InChI=1S/C11H16N2O/c1-9(2)7-13-8-11(6-12-13)5-4-10(3)14/h4-6,8-9H,7H2,1-3H3/b5-4+. The number of hydrogen-bond acceptors (Lipinski definition) is 2. The second-order valence-electron chi connectivity index (χ2n) is 3.83. The molecule has 0 aliphatic heterocycles. The molecule has 0 fully saturated rings. The maximum atomic E-state index is 10.7. The van der Waals surface area contributed by atoms with E-state index in [-0.39, 0.29) is 5.78 Å². The summed E-state index contributed by atoms with van der Waals surface area (Å²) in [4.78, 5) is 10.7. The highest BCUT2D eigenvalue weighted by Gasteiger charge is 1.98. The first kappa shape index (κ1) is 10.7. The average Bonchev–Trinajstić information content (AvgIpc) is 2.47. The highest BCUT2D eigenvalue weighted by Crippen LogP contribution is 2.03. The Morgan fingerprint density at radius 1 is 1.64 bits per heavy atom. The number of nitrogens with zero attached hydrogens (tertiary/aromatic N) is 2. The van der Waals surface area contributed by atoms with Crippen LogP contribution in [0.3, 0.4) is 0 Å². The highest BCUT2D eigenvalue weighted by atomic mass is 16.1. The van der Waals surface area contributed by atoms with Gasteiger partial charge in [0.2, 0.25) is 0 Å². The monoisotopic (exact) mass is 192 g/mol. The molecular weight excluding hydrogens is 176 g/mol. The lowest BCUT2D eigenvalue weighted by atomic mass is 10.2. The number of ketones is 1. The van der Waals surface area contributed by atoms with E-state index in [1.807, 2.05) is 10.9 Å². The summed E-state index contributed by atoms with van der Waals surface area (Å²) in [5.41, 5.74) is 0.973. The van der Waals surface area contributed by atoms with Crippen LogP contribution in [-0.4, -0.2) is 15.6 Å². The van der Waals surface area contributed by atoms with Crippen LogP contribution in [0.2, 0.25) is 0 Å². The molecule has 1 rings (SSSR count). The normalized spacial score (nSPS) is 11.4. The van der Waals surface area contributed by atoms with Gasteiger partial charge in [0.15, 0.2) is 5.78 Å². The summed E-state index contributed by atoms with van der Waals surface area (Å²) in [6, 6.07) is 0. The third-order valence-corrected chi connectivity index (χ3v) is 1.72. The predicted octanol–water partition coefficient (Wildman–Crippen LogP) is 2.14. The fourth-order valence-electron chi connectivity index (χ4n) is 1.15. The molecule has 0 spiro atoms. The van der Waals surface area contributed by atoms with Crippen molar-refractivity contribution in [3.63, 3.8) is 0 Å². The number of allylic oxidation sites excluding steroid dienone is 1. The molecule has 1 aromatic heterocycles. The Hall–Kier alpha value is -1.38. The summed E-state index contributed by atoms with van der Waals surface area (Å²) >= 11 is 0. The molecule has 0 saturated heterocycles. The molecule has 0 bridgehead atoms. The van der Waals surface area contributed by atoms with E-state index in [0.29, 0.717) is 5.92 Å². The summed E-state index contributed by atoms with van der Waals surface area (Å²) in [5, 5.41) is 4.19. The van der Waals surface area contributed by atoms with Crippen molar-refractivity contribution in [1.29, 1.82) is 0 Å². The van der Waals surface area contributed by atoms with Crippen molar-refractivity contribution in [1.82, 2.24) is 9.78 Å². The zero-order chi connectivity index (χ0) is 10.6. The largest absolute Gasteiger partial charge is 0.295 e. The molecule has 1 heterocycles. The van der Waals surface area contributed by atoms with Crippen LogP contribution in [0.5, 0.6) is 0 Å². The van der Waals surface area contributed by atoms with E-state index in [4.69, 9.17) is 0 Å². The molecule has 0 aliphatic rings. The van der Waals surface area contributed by atoms with Gasteiger partial charge >= 0.3 is 0 Å². The fraction of sp³-hybridized carbons (Fsp3) is 0.455. The van der Waals surface area contributed by atoms with Gasteiger partial charge in [-0.3, -0.25) is 9.48 Å². The highest BCUT2D eigenvalue weighted by molar-refractivity contribution is 5.91. The van der Waals surface area contributed by atoms with Crippen LogP contribution < -0.4 is 0 Å². The first-order chi connectivity index (χ1) is 6.58. The van der Waals surface area contributed by atoms with Gasteiger partial charge < -0.3 is 0 Å². The first-order valence-corrected chi connectivity index (χ1v) is 4.79. The minimum Gasteiger partial charge on any atom is -0.295 e. The lowest BCUT2D eigenvalue weighted by molar-refractivity contribution is -0.112. The Balaban J connectivity index is 2.63. The third kappa shape index (κ3) is 3.56. The van der Waals surface area contributed by atoms with E-state index in [1.165, 1.54) is 6.92 Å². The molecule has 3 heteroatoms. The van der Waals surface area contributed by atoms with Gasteiger partial charge in [-0.2, -0.15) is 5.10 Å². The maximum absolute atomic E-state index is 10.7. The Kier molecular flexibility index (Phi) is 3.63. The average molecular weight is 192 g/mol. The number of carbonyl (C=O) groups excluding carboxylic acids is 1. The van der Waals surface area contributed by atoms with E-state index < -0.39 is 0 Å². The van der Waals surface area contributed by atoms with Gasteiger partial charge in [0.05, 0.1) is 6.20 Å². The minimum absolute atomic E-state index is 0.0570. The van der Waals surface area contributed by atoms with Gasteiger partial charge in [-0.25, -0.2) is 0 Å². The van der Waals surface area contributed by atoms with Crippen LogP contribution in [0.4, 0.5) is 0 Å². The molecule has 0 unspecified atom stereocenters. The van der Waals surface area contributed by atoms with E-state index >= 15 is 0 Å². The quantitative estimate of drug-likeness (QED) is 0.685. The van der Waals surface area contributed by atoms with Crippen molar-refractivity contribution in [2.24, 2.45) is 5.92 Å². The van der Waals surface area contributed by atoms with E-state index in [0.717, 1.165) is 12.1 Å². The summed E-state index contributed by atoms with van der Waals surface area (Å²) in [6.45, 7) is 6.74. The van der Waals surface area contributed by atoms with Crippen LogP contribution in [0.25, 0.3) is 6.08 Å². The third-order valence-electron chi connectivity index (χ3n) is 1.72. The Morgan fingerprint density at radius 3 is 2.93 bits per heavy atom. The van der Waals surface area contributed by atoms with Crippen LogP contribution in [0.15, 0.2) is 18.5 Å². The topological polar surface area (TPSA) is 34.9 Å².